The fraction of sp³-hybridized carbons (Fsp3) is 0.353. The lowest BCUT2D eigenvalue weighted by atomic mass is 9.85. The van der Waals surface area contributed by atoms with E-state index in [1.807, 2.05) is 54.9 Å². The van der Waals surface area contributed by atoms with E-state index in [9.17, 15) is 9.59 Å². The van der Waals surface area contributed by atoms with Crippen molar-refractivity contribution < 1.29 is 14.3 Å². The Labute approximate surface area is 248 Å². The molecule has 0 atom stereocenters. The summed E-state index contributed by atoms with van der Waals surface area (Å²) in [5.41, 5.74) is 6.51. The van der Waals surface area contributed by atoms with Gasteiger partial charge in [-0.3, -0.25) is 14.6 Å². The van der Waals surface area contributed by atoms with E-state index in [0.717, 1.165) is 33.8 Å². The van der Waals surface area contributed by atoms with Gasteiger partial charge in [-0.2, -0.15) is 0 Å². The van der Waals surface area contributed by atoms with Gasteiger partial charge in [-0.05, 0) is 66.1 Å². The van der Waals surface area contributed by atoms with Crippen LogP contribution in [0.5, 0.6) is 5.75 Å². The maximum absolute atomic E-state index is 13.8. The molecule has 0 aliphatic heterocycles. The van der Waals surface area contributed by atoms with Crippen LogP contribution in [0.25, 0.3) is 16.8 Å². The highest BCUT2D eigenvalue weighted by molar-refractivity contribution is 6.07. The third kappa shape index (κ3) is 7.05. The Morgan fingerprint density at radius 3 is 2.19 bits per heavy atom. The number of amides is 2. The molecule has 4 rings (SSSR count). The molecule has 2 N–H and O–H groups in total. The molecular weight excluding hydrogens is 526 g/mol. The van der Waals surface area contributed by atoms with Gasteiger partial charge < -0.3 is 19.9 Å². The molecule has 0 fully saturated rings. The van der Waals surface area contributed by atoms with Crippen LogP contribution < -0.4 is 15.4 Å². The SMILES string of the molecule is COc1c(C(=O)Nc2cnc(C)c(-c3ccc(C(=O)NCC(C)(C)C)cc3)c2)cc(C(C)(C)C)cc1-n1cnc(C)c1. The van der Waals surface area contributed by atoms with Crippen LogP contribution in [0.3, 0.4) is 0 Å². The Kier molecular flexibility index (Phi) is 8.57. The van der Waals surface area contributed by atoms with E-state index in [-0.39, 0.29) is 22.6 Å². The Balaban J connectivity index is 1.64. The van der Waals surface area contributed by atoms with Gasteiger partial charge in [0.2, 0.25) is 0 Å². The molecule has 220 valence electrons. The molecule has 2 aromatic carbocycles. The Bertz CT molecular complexity index is 1610. The van der Waals surface area contributed by atoms with Crippen molar-refractivity contribution in [2.45, 2.75) is 60.8 Å². The van der Waals surface area contributed by atoms with Crippen molar-refractivity contribution in [1.29, 1.82) is 0 Å². The molecule has 0 radical (unpaired) electrons. The molecule has 0 unspecified atom stereocenters. The second-order valence-electron chi connectivity index (χ2n) is 12.9. The predicted molar refractivity (Wildman–Crippen MR) is 168 cm³/mol. The molecule has 2 heterocycles. The van der Waals surface area contributed by atoms with Crippen LogP contribution in [0.2, 0.25) is 0 Å². The average molecular weight is 568 g/mol. The highest BCUT2D eigenvalue weighted by Crippen LogP contribution is 2.35. The number of ether oxygens (including phenoxy) is 1. The number of pyridine rings is 1. The number of aryl methyl sites for hydroxylation is 2. The molecule has 0 spiro atoms. The van der Waals surface area contributed by atoms with Crippen LogP contribution in [-0.2, 0) is 5.41 Å². The molecule has 0 bridgehead atoms. The third-order valence-corrected chi connectivity index (χ3v) is 6.96. The van der Waals surface area contributed by atoms with Crippen LogP contribution in [0.4, 0.5) is 5.69 Å². The second-order valence-corrected chi connectivity index (χ2v) is 12.9. The summed E-state index contributed by atoms with van der Waals surface area (Å²) in [6.07, 6.45) is 5.27. The van der Waals surface area contributed by atoms with E-state index in [1.54, 1.807) is 31.8 Å². The van der Waals surface area contributed by atoms with Gasteiger partial charge >= 0.3 is 0 Å². The van der Waals surface area contributed by atoms with Crippen molar-refractivity contribution >= 4 is 17.5 Å². The van der Waals surface area contributed by atoms with E-state index >= 15 is 0 Å². The van der Waals surface area contributed by atoms with Crippen molar-refractivity contribution in [1.82, 2.24) is 19.9 Å². The van der Waals surface area contributed by atoms with Gasteiger partial charge in [0.15, 0.2) is 5.75 Å². The number of carbonyl (C=O) groups excluding carboxylic acids is 2. The van der Waals surface area contributed by atoms with Gasteiger partial charge in [-0.1, -0.05) is 53.7 Å². The van der Waals surface area contributed by atoms with Crippen LogP contribution in [0.15, 0.2) is 61.2 Å². The first kappa shape index (κ1) is 30.5. The molecule has 2 aromatic heterocycles. The van der Waals surface area contributed by atoms with Crippen LogP contribution in [0, 0.1) is 19.3 Å². The van der Waals surface area contributed by atoms with Gasteiger partial charge in [0, 0.05) is 29.6 Å². The largest absolute Gasteiger partial charge is 0.494 e. The van der Waals surface area contributed by atoms with Crippen molar-refractivity contribution in [3.63, 3.8) is 0 Å². The first-order chi connectivity index (χ1) is 19.7. The lowest BCUT2D eigenvalue weighted by molar-refractivity contribution is 0.0938. The van der Waals surface area contributed by atoms with Crippen molar-refractivity contribution in [3.8, 4) is 22.6 Å². The minimum atomic E-state index is -0.307. The van der Waals surface area contributed by atoms with Crippen molar-refractivity contribution in [3.05, 3.63) is 89.3 Å². The number of nitrogens with one attached hydrogen (secondary N) is 2. The smallest absolute Gasteiger partial charge is 0.259 e. The van der Waals surface area contributed by atoms with Crippen molar-refractivity contribution in [2.24, 2.45) is 5.41 Å². The molecule has 8 nitrogen and oxygen atoms in total. The monoisotopic (exact) mass is 567 g/mol. The molecule has 2 amide bonds. The topological polar surface area (TPSA) is 98.1 Å². The predicted octanol–water partition coefficient (Wildman–Crippen LogP) is 6.89. The first-order valence-electron chi connectivity index (χ1n) is 14.1. The maximum Gasteiger partial charge on any atom is 0.259 e. The summed E-state index contributed by atoms with van der Waals surface area (Å²) in [5, 5.41) is 6.00. The summed E-state index contributed by atoms with van der Waals surface area (Å²) in [6, 6.07) is 13.2. The molecule has 4 aromatic rings. The number of hydrogen-bond acceptors (Lipinski definition) is 5. The fourth-order valence-electron chi connectivity index (χ4n) is 4.52. The Morgan fingerprint density at radius 2 is 1.62 bits per heavy atom. The molecule has 0 aliphatic carbocycles. The Morgan fingerprint density at radius 1 is 0.929 bits per heavy atom. The molecule has 0 saturated heterocycles. The highest BCUT2D eigenvalue weighted by atomic mass is 16.5. The fourth-order valence-corrected chi connectivity index (χ4v) is 4.52. The summed E-state index contributed by atoms with van der Waals surface area (Å²) in [7, 11) is 1.56. The third-order valence-electron chi connectivity index (χ3n) is 6.96. The number of anilines is 1. The molecule has 8 heteroatoms. The van der Waals surface area contributed by atoms with Gasteiger partial charge in [0.1, 0.15) is 0 Å². The quantitative estimate of drug-likeness (QED) is 0.254. The summed E-state index contributed by atoms with van der Waals surface area (Å²) in [6.45, 7) is 17.0. The lowest BCUT2D eigenvalue weighted by Gasteiger charge is -2.23. The average Bonchev–Trinajstić information content (AvgIpc) is 3.37. The second kappa shape index (κ2) is 11.8. The molecule has 0 aliphatic rings. The summed E-state index contributed by atoms with van der Waals surface area (Å²) < 4.78 is 7.66. The van der Waals surface area contributed by atoms with Crippen molar-refractivity contribution in [2.75, 3.05) is 19.0 Å². The number of methoxy groups -OCH3 is 1. The first-order valence-corrected chi connectivity index (χ1v) is 14.1. The maximum atomic E-state index is 13.8. The Hall–Kier alpha value is -4.46. The number of carbonyl (C=O) groups is 2. The summed E-state index contributed by atoms with van der Waals surface area (Å²) >= 11 is 0. The van der Waals surface area contributed by atoms with Gasteiger partial charge in [-0.25, -0.2) is 4.98 Å². The zero-order valence-corrected chi connectivity index (χ0v) is 26.0. The van der Waals surface area contributed by atoms with Gasteiger partial charge in [-0.15, -0.1) is 0 Å². The summed E-state index contributed by atoms with van der Waals surface area (Å²) in [5.74, 6) is 0.0426. The minimum Gasteiger partial charge on any atom is -0.494 e. The van der Waals surface area contributed by atoms with Crippen LogP contribution >= 0.6 is 0 Å². The highest BCUT2D eigenvalue weighted by Gasteiger charge is 2.24. The van der Waals surface area contributed by atoms with E-state index in [4.69, 9.17) is 4.74 Å². The zero-order valence-electron chi connectivity index (χ0n) is 26.0. The summed E-state index contributed by atoms with van der Waals surface area (Å²) in [4.78, 5) is 35.2. The van der Waals surface area contributed by atoms with Crippen LogP contribution in [-0.4, -0.2) is 40.0 Å². The number of benzene rings is 2. The normalized spacial score (nSPS) is 11.7. The number of hydrogen-bond donors (Lipinski definition) is 2. The number of aromatic nitrogens is 3. The van der Waals surface area contributed by atoms with E-state index in [0.29, 0.717) is 29.1 Å². The zero-order chi connectivity index (χ0) is 30.8. The number of rotatable bonds is 7. The van der Waals surface area contributed by atoms with Gasteiger partial charge in [0.25, 0.3) is 11.8 Å². The molecule has 42 heavy (non-hydrogen) atoms. The minimum absolute atomic E-state index is 0.00142. The number of nitrogens with zero attached hydrogens (tertiary/aromatic N) is 3. The van der Waals surface area contributed by atoms with E-state index < -0.39 is 0 Å². The van der Waals surface area contributed by atoms with Gasteiger partial charge in [0.05, 0.1) is 42.3 Å². The standard InChI is InChI=1S/C34H41N5O3/c1-21-18-39(20-37-21)29-15-25(34(6,7)8)14-28(30(29)42-9)32(41)38-26-16-27(22(2)35-17-26)23-10-12-24(13-11-23)31(40)36-19-33(3,4)5/h10-18,20H,19H2,1-9H3,(H,36,40)(H,38,41). The molecular formula is C34H41N5O3. The number of imidazole rings is 1. The molecule has 0 saturated carbocycles. The van der Waals surface area contributed by atoms with Crippen LogP contribution in [0.1, 0.15) is 79.2 Å². The van der Waals surface area contributed by atoms with E-state index in [2.05, 4.69) is 62.1 Å². The lowest BCUT2D eigenvalue weighted by Crippen LogP contribution is -2.32. The van der Waals surface area contributed by atoms with E-state index in [1.165, 1.54) is 0 Å².